The summed E-state index contributed by atoms with van der Waals surface area (Å²) in [5.41, 5.74) is 0.670. The molecule has 0 unspecified atom stereocenters. The Bertz CT molecular complexity index is 465. The van der Waals surface area contributed by atoms with Crippen LogP contribution in [0.1, 0.15) is 6.92 Å². The quantitative estimate of drug-likeness (QED) is 0.848. The summed E-state index contributed by atoms with van der Waals surface area (Å²) in [6.07, 6.45) is 1.59. The number of aromatic nitrogens is 1. The molecule has 1 aromatic rings. The lowest BCUT2D eigenvalue weighted by Gasteiger charge is -2.07. The zero-order valence-electron chi connectivity index (χ0n) is 9.00. The van der Waals surface area contributed by atoms with Crippen LogP contribution in [0.5, 0.6) is 0 Å². The summed E-state index contributed by atoms with van der Waals surface area (Å²) in [5.74, 6) is -0.205. The normalized spacial score (nSPS) is 9.88. The van der Waals surface area contributed by atoms with Crippen LogP contribution in [0.3, 0.4) is 0 Å². The van der Waals surface area contributed by atoms with Crippen molar-refractivity contribution in [2.24, 2.45) is 0 Å². The van der Waals surface area contributed by atoms with Crippen molar-refractivity contribution in [1.29, 1.82) is 0 Å². The maximum absolute atomic E-state index is 11.5. The van der Waals surface area contributed by atoms with E-state index in [1.54, 1.807) is 12.3 Å². The van der Waals surface area contributed by atoms with E-state index in [-0.39, 0.29) is 18.0 Å². The minimum atomic E-state index is -0.205. The van der Waals surface area contributed by atoms with Crippen molar-refractivity contribution in [2.45, 2.75) is 13.5 Å². The van der Waals surface area contributed by atoms with Gasteiger partial charge in [0.2, 0.25) is 5.91 Å². The summed E-state index contributed by atoms with van der Waals surface area (Å²) in [6.45, 7) is 5.95. The molecule has 0 atom stereocenters. The zero-order chi connectivity index (χ0) is 12.1. The van der Waals surface area contributed by atoms with E-state index >= 15 is 0 Å². The van der Waals surface area contributed by atoms with Crippen molar-refractivity contribution >= 4 is 21.8 Å². The van der Waals surface area contributed by atoms with E-state index in [1.165, 1.54) is 10.6 Å². The van der Waals surface area contributed by atoms with Gasteiger partial charge in [0.1, 0.15) is 6.54 Å². The zero-order valence-corrected chi connectivity index (χ0v) is 10.6. The first-order valence-corrected chi connectivity index (χ1v) is 5.55. The highest BCUT2D eigenvalue weighted by Crippen LogP contribution is 2.04. The minimum absolute atomic E-state index is 0.0194. The predicted molar refractivity (Wildman–Crippen MR) is 66.2 cm³/mol. The fraction of sp³-hybridized carbons (Fsp3) is 0.273. The lowest BCUT2D eigenvalue weighted by molar-refractivity contribution is -0.121. The smallest absolute Gasteiger partial charge is 0.251 e. The fourth-order valence-electron chi connectivity index (χ4n) is 1.09. The van der Waals surface area contributed by atoms with Crippen LogP contribution in [0.15, 0.2) is 39.7 Å². The Labute approximate surface area is 102 Å². The van der Waals surface area contributed by atoms with Crippen molar-refractivity contribution < 1.29 is 4.79 Å². The molecule has 1 amide bonds. The summed E-state index contributed by atoms with van der Waals surface area (Å²) in [4.78, 5) is 22.8. The second-order valence-corrected chi connectivity index (χ2v) is 4.46. The summed E-state index contributed by atoms with van der Waals surface area (Å²) in [5, 5.41) is 2.66. The van der Waals surface area contributed by atoms with Crippen LogP contribution in [0.2, 0.25) is 0 Å². The van der Waals surface area contributed by atoms with Crippen molar-refractivity contribution in [2.75, 3.05) is 6.54 Å². The minimum Gasteiger partial charge on any atom is -0.351 e. The van der Waals surface area contributed by atoms with Crippen LogP contribution in [0.25, 0.3) is 0 Å². The van der Waals surface area contributed by atoms with Gasteiger partial charge in [-0.05, 0) is 28.9 Å². The van der Waals surface area contributed by atoms with Crippen LogP contribution >= 0.6 is 15.9 Å². The van der Waals surface area contributed by atoms with Crippen molar-refractivity contribution in [1.82, 2.24) is 9.88 Å². The Morgan fingerprint density at radius 2 is 2.25 bits per heavy atom. The molecule has 0 saturated carbocycles. The first kappa shape index (κ1) is 12.7. The molecular formula is C11H13BrN2O2. The van der Waals surface area contributed by atoms with E-state index in [4.69, 9.17) is 0 Å². The molecule has 0 aromatic carbocycles. The van der Waals surface area contributed by atoms with Gasteiger partial charge in [0.15, 0.2) is 0 Å². The number of hydrogen-bond donors (Lipinski definition) is 1. The maximum Gasteiger partial charge on any atom is 0.251 e. The summed E-state index contributed by atoms with van der Waals surface area (Å²) >= 11 is 3.24. The standard InChI is InChI=1S/C11H13BrN2O2/c1-8(2)5-13-10(15)7-14-6-9(12)3-4-11(14)16/h3-4,6H,1,5,7H2,2H3,(H,13,15). The van der Waals surface area contributed by atoms with Gasteiger partial charge in [-0.25, -0.2) is 0 Å². The molecule has 16 heavy (non-hydrogen) atoms. The summed E-state index contributed by atoms with van der Waals surface area (Å²) in [7, 11) is 0. The monoisotopic (exact) mass is 284 g/mol. The lowest BCUT2D eigenvalue weighted by Crippen LogP contribution is -2.32. The van der Waals surface area contributed by atoms with Gasteiger partial charge in [0, 0.05) is 23.3 Å². The molecule has 0 fully saturated rings. The number of nitrogens with zero attached hydrogens (tertiary/aromatic N) is 1. The third kappa shape index (κ3) is 4.02. The van der Waals surface area contributed by atoms with Gasteiger partial charge >= 0.3 is 0 Å². The van der Waals surface area contributed by atoms with Gasteiger partial charge in [0.05, 0.1) is 0 Å². The molecule has 0 aliphatic rings. The van der Waals surface area contributed by atoms with Gasteiger partial charge in [0.25, 0.3) is 5.56 Å². The topological polar surface area (TPSA) is 51.1 Å². The van der Waals surface area contributed by atoms with E-state index < -0.39 is 0 Å². The van der Waals surface area contributed by atoms with Gasteiger partial charge in [-0.3, -0.25) is 9.59 Å². The number of pyridine rings is 1. The molecule has 0 aliphatic heterocycles. The van der Waals surface area contributed by atoms with Crippen LogP contribution < -0.4 is 10.9 Å². The summed E-state index contributed by atoms with van der Waals surface area (Å²) < 4.78 is 2.11. The Morgan fingerprint density at radius 1 is 1.56 bits per heavy atom. The van der Waals surface area contributed by atoms with E-state index in [1.807, 2.05) is 6.92 Å². The third-order valence-corrected chi connectivity index (χ3v) is 2.32. The van der Waals surface area contributed by atoms with Gasteiger partial charge in [-0.2, -0.15) is 0 Å². The highest BCUT2D eigenvalue weighted by atomic mass is 79.9. The second kappa shape index (κ2) is 5.65. The Kier molecular flexibility index (Phi) is 4.49. The molecule has 4 nitrogen and oxygen atoms in total. The van der Waals surface area contributed by atoms with Crippen molar-refractivity contribution in [3.8, 4) is 0 Å². The van der Waals surface area contributed by atoms with E-state index in [9.17, 15) is 9.59 Å². The van der Waals surface area contributed by atoms with E-state index in [0.29, 0.717) is 6.54 Å². The molecule has 1 N–H and O–H groups in total. The van der Waals surface area contributed by atoms with Gasteiger partial charge in [-0.15, -0.1) is 0 Å². The first-order valence-electron chi connectivity index (χ1n) is 4.76. The average molecular weight is 285 g/mol. The highest BCUT2D eigenvalue weighted by Gasteiger charge is 2.03. The first-order chi connectivity index (χ1) is 7.49. The molecule has 0 bridgehead atoms. The second-order valence-electron chi connectivity index (χ2n) is 3.55. The number of carbonyl (C=O) groups excluding carboxylic acids is 1. The van der Waals surface area contributed by atoms with Crippen molar-refractivity contribution in [3.05, 3.63) is 45.3 Å². The predicted octanol–water partition coefficient (Wildman–Crippen LogP) is 1.30. The Balaban J connectivity index is 2.66. The molecule has 1 heterocycles. The number of halogens is 1. The third-order valence-electron chi connectivity index (χ3n) is 1.85. The van der Waals surface area contributed by atoms with Crippen LogP contribution in [-0.2, 0) is 11.3 Å². The molecule has 86 valence electrons. The molecule has 0 saturated heterocycles. The molecular weight excluding hydrogens is 272 g/mol. The molecule has 5 heteroatoms. The largest absolute Gasteiger partial charge is 0.351 e. The summed E-state index contributed by atoms with van der Waals surface area (Å²) in [6, 6.07) is 3.06. The number of carbonyl (C=O) groups is 1. The van der Waals surface area contributed by atoms with E-state index in [0.717, 1.165) is 10.0 Å². The van der Waals surface area contributed by atoms with Gasteiger partial charge in [-0.1, -0.05) is 12.2 Å². The Morgan fingerprint density at radius 3 is 2.88 bits per heavy atom. The average Bonchev–Trinajstić information content (AvgIpc) is 2.20. The van der Waals surface area contributed by atoms with Crippen LogP contribution in [-0.4, -0.2) is 17.0 Å². The molecule has 1 aromatic heterocycles. The molecule has 1 rings (SSSR count). The Hall–Kier alpha value is -1.36. The lowest BCUT2D eigenvalue weighted by atomic mass is 10.3. The molecule has 0 aliphatic carbocycles. The van der Waals surface area contributed by atoms with Crippen molar-refractivity contribution in [3.63, 3.8) is 0 Å². The van der Waals surface area contributed by atoms with Gasteiger partial charge < -0.3 is 9.88 Å². The van der Waals surface area contributed by atoms with Crippen LogP contribution in [0.4, 0.5) is 0 Å². The van der Waals surface area contributed by atoms with Crippen LogP contribution in [0, 0.1) is 0 Å². The maximum atomic E-state index is 11.5. The van der Waals surface area contributed by atoms with E-state index in [2.05, 4.69) is 27.8 Å². The SMILES string of the molecule is C=C(C)CNC(=O)Cn1cc(Br)ccc1=O. The molecule has 0 radical (unpaired) electrons. The highest BCUT2D eigenvalue weighted by molar-refractivity contribution is 9.10. The fourth-order valence-corrected chi connectivity index (χ4v) is 1.47. The number of nitrogens with one attached hydrogen (secondary N) is 1. The number of hydrogen-bond acceptors (Lipinski definition) is 2. The molecule has 0 spiro atoms. The number of rotatable bonds is 4. The number of amides is 1.